The van der Waals surface area contributed by atoms with Crippen molar-refractivity contribution in [1.82, 2.24) is 9.97 Å². The molecule has 88 valence electrons. The second-order valence-corrected chi connectivity index (χ2v) is 5.05. The lowest BCUT2D eigenvalue weighted by atomic mass is 10.2. The number of ketones is 1. The molecule has 0 N–H and O–H groups in total. The highest BCUT2D eigenvalue weighted by atomic mass is 35.5. The predicted molar refractivity (Wildman–Crippen MR) is 65.9 cm³/mol. The highest BCUT2D eigenvalue weighted by molar-refractivity contribution is 7.16. The average molecular weight is 269 g/mol. The van der Waals surface area contributed by atoms with Gasteiger partial charge in [0.1, 0.15) is 12.0 Å². The van der Waals surface area contributed by atoms with E-state index in [1.807, 2.05) is 6.07 Å². The third-order valence-corrected chi connectivity index (χ3v) is 3.33. The molecule has 4 nitrogen and oxygen atoms in total. The van der Waals surface area contributed by atoms with Crippen LogP contribution in [0.3, 0.4) is 0 Å². The summed E-state index contributed by atoms with van der Waals surface area (Å²) in [6, 6.07) is 5.14. The highest BCUT2D eigenvalue weighted by Gasteiger charge is 2.11. The zero-order valence-corrected chi connectivity index (χ0v) is 10.6. The number of carbonyl (C=O) groups is 1. The number of nitrogens with zero attached hydrogens (tertiary/aromatic N) is 2. The first-order chi connectivity index (χ1) is 8.19. The van der Waals surface area contributed by atoms with Crippen LogP contribution in [0.5, 0.6) is 5.88 Å². The standard InChI is InChI=1S/C11H9ClN2O2S/c1-16-11-5-8(13-6-14-11)9(15)4-7-2-3-10(12)17-7/h2-3,5-6H,4H2,1H3. The smallest absolute Gasteiger partial charge is 0.216 e. The molecule has 0 amide bonds. The summed E-state index contributed by atoms with van der Waals surface area (Å²) in [5.74, 6) is 0.303. The van der Waals surface area contributed by atoms with Crippen LogP contribution in [0.4, 0.5) is 0 Å². The number of hydrogen-bond acceptors (Lipinski definition) is 5. The lowest BCUT2D eigenvalue weighted by molar-refractivity contribution is 0.0988. The molecule has 17 heavy (non-hydrogen) atoms. The second-order valence-electron chi connectivity index (χ2n) is 3.25. The Hall–Kier alpha value is -1.46. The highest BCUT2D eigenvalue weighted by Crippen LogP contribution is 2.22. The Morgan fingerprint density at radius 3 is 2.94 bits per heavy atom. The molecule has 0 saturated heterocycles. The lowest BCUT2D eigenvalue weighted by Gasteiger charge is -2.00. The Morgan fingerprint density at radius 2 is 2.29 bits per heavy atom. The lowest BCUT2D eigenvalue weighted by Crippen LogP contribution is -2.05. The van der Waals surface area contributed by atoms with Crippen LogP contribution in [0.1, 0.15) is 15.4 Å². The van der Waals surface area contributed by atoms with Crippen molar-refractivity contribution in [3.8, 4) is 5.88 Å². The molecule has 0 aliphatic rings. The van der Waals surface area contributed by atoms with E-state index in [9.17, 15) is 4.79 Å². The summed E-state index contributed by atoms with van der Waals surface area (Å²) in [5.41, 5.74) is 0.348. The van der Waals surface area contributed by atoms with Crippen molar-refractivity contribution in [3.05, 3.63) is 39.4 Å². The molecule has 0 spiro atoms. The number of rotatable bonds is 4. The zero-order chi connectivity index (χ0) is 12.3. The molecule has 2 aromatic rings. The molecule has 0 saturated carbocycles. The van der Waals surface area contributed by atoms with Crippen LogP contribution in [0.2, 0.25) is 4.34 Å². The monoisotopic (exact) mass is 268 g/mol. The topological polar surface area (TPSA) is 52.1 Å². The number of carbonyl (C=O) groups excluding carboxylic acids is 1. The molecule has 0 fully saturated rings. The van der Waals surface area contributed by atoms with E-state index in [2.05, 4.69) is 9.97 Å². The summed E-state index contributed by atoms with van der Waals surface area (Å²) in [7, 11) is 1.50. The van der Waals surface area contributed by atoms with Crippen LogP contribution in [-0.2, 0) is 6.42 Å². The number of hydrogen-bond donors (Lipinski definition) is 0. The van der Waals surface area contributed by atoms with Crippen LogP contribution in [-0.4, -0.2) is 22.9 Å². The van der Waals surface area contributed by atoms with Gasteiger partial charge in [-0.1, -0.05) is 11.6 Å². The minimum atomic E-state index is -0.0794. The van der Waals surface area contributed by atoms with Gasteiger partial charge in [-0.3, -0.25) is 4.79 Å². The molecule has 2 aromatic heterocycles. The first-order valence-electron chi connectivity index (χ1n) is 4.82. The molecule has 2 rings (SSSR count). The van der Waals surface area contributed by atoms with Crippen LogP contribution in [0, 0.1) is 0 Å². The fourth-order valence-electron chi connectivity index (χ4n) is 1.30. The Balaban J connectivity index is 2.14. The molecule has 2 heterocycles. The number of halogens is 1. The Labute approximate surface area is 107 Å². The van der Waals surface area contributed by atoms with Crippen molar-refractivity contribution in [3.63, 3.8) is 0 Å². The number of aromatic nitrogens is 2. The summed E-state index contributed by atoms with van der Waals surface area (Å²) in [6.07, 6.45) is 1.60. The van der Waals surface area contributed by atoms with Gasteiger partial charge in [0.15, 0.2) is 5.78 Å². The van der Waals surface area contributed by atoms with Crippen LogP contribution < -0.4 is 4.74 Å². The Kier molecular flexibility index (Phi) is 3.71. The van der Waals surface area contributed by atoms with E-state index in [1.54, 1.807) is 6.07 Å². The number of methoxy groups -OCH3 is 1. The van der Waals surface area contributed by atoms with Crippen molar-refractivity contribution in [1.29, 1.82) is 0 Å². The number of thiophene rings is 1. The van der Waals surface area contributed by atoms with Crippen molar-refractivity contribution in [2.75, 3.05) is 7.11 Å². The molecule has 0 radical (unpaired) electrons. The summed E-state index contributed by atoms with van der Waals surface area (Å²) in [5, 5.41) is 0. The summed E-state index contributed by atoms with van der Waals surface area (Å²) in [4.78, 5) is 20.6. The summed E-state index contributed by atoms with van der Waals surface area (Å²) in [6.45, 7) is 0. The molecular formula is C11H9ClN2O2S. The van der Waals surface area contributed by atoms with Crippen LogP contribution in [0.25, 0.3) is 0 Å². The average Bonchev–Trinajstić information content (AvgIpc) is 2.75. The third kappa shape index (κ3) is 3.01. The summed E-state index contributed by atoms with van der Waals surface area (Å²) < 4.78 is 5.61. The fourth-order valence-corrected chi connectivity index (χ4v) is 2.39. The van der Waals surface area contributed by atoms with Gasteiger partial charge in [0.2, 0.25) is 5.88 Å². The van der Waals surface area contributed by atoms with E-state index in [0.717, 1.165) is 4.88 Å². The first kappa shape index (κ1) is 12.0. The minimum absolute atomic E-state index is 0.0794. The van der Waals surface area contributed by atoms with Gasteiger partial charge < -0.3 is 4.74 Å². The van der Waals surface area contributed by atoms with Crippen molar-refractivity contribution >= 4 is 28.7 Å². The Morgan fingerprint density at radius 1 is 1.47 bits per heavy atom. The Bertz CT molecular complexity index is 542. The normalized spacial score (nSPS) is 10.2. The maximum atomic E-state index is 11.9. The summed E-state index contributed by atoms with van der Waals surface area (Å²) >= 11 is 7.19. The van der Waals surface area contributed by atoms with Gasteiger partial charge in [-0.25, -0.2) is 9.97 Å². The quantitative estimate of drug-likeness (QED) is 0.800. The van der Waals surface area contributed by atoms with E-state index in [4.69, 9.17) is 16.3 Å². The fraction of sp³-hybridized carbons (Fsp3) is 0.182. The molecular weight excluding hydrogens is 260 g/mol. The van der Waals surface area contributed by atoms with Gasteiger partial charge in [0, 0.05) is 17.4 Å². The van der Waals surface area contributed by atoms with E-state index in [0.29, 0.717) is 15.9 Å². The zero-order valence-electron chi connectivity index (χ0n) is 9.01. The number of Topliss-reactive ketones (excluding diaryl/α,β-unsaturated/α-hetero) is 1. The van der Waals surface area contributed by atoms with Gasteiger partial charge in [-0.2, -0.15) is 0 Å². The van der Waals surface area contributed by atoms with Crippen molar-refractivity contribution in [2.24, 2.45) is 0 Å². The van der Waals surface area contributed by atoms with Gasteiger partial charge in [0.05, 0.1) is 11.4 Å². The molecule has 6 heteroatoms. The van der Waals surface area contributed by atoms with E-state index >= 15 is 0 Å². The molecule has 0 aromatic carbocycles. The molecule has 0 atom stereocenters. The maximum Gasteiger partial charge on any atom is 0.216 e. The minimum Gasteiger partial charge on any atom is -0.481 e. The third-order valence-electron chi connectivity index (χ3n) is 2.10. The van der Waals surface area contributed by atoms with Gasteiger partial charge in [0.25, 0.3) is 0 Å². The molecule has 0 aliphatic carbocycles. The largest absolute Gasteiger partial charge is 0.481 e. The van der Waals surface area contributed by atoms with Gasteiger partial charge in [-0.15, -0.1) is 11.3 Å². The van der Waals surface area contributed by atoms with E-state index in [1.165, 1.54) is 30.8 Å². The maximum absolute atomic E-state index is 11.9. The van der Waals surface area contributed by atoms with Crippen LogP contribution in [0.15, 0.2) is 24.5 Å². The van der Waals surface area contributed by atoms with E-state index < -0.39 is 0 Å². The molecule has 0 aliphatic heterocycles. The van der Waals surface area contributed by atoms with Crippen LogP contribution >= 0.6 is 22.9 Å². The van der Waals surface area contributed by atoms with Gasteiger partial charge in [-0.05, 0) is 12.1 Å². The predicted octanol–water partition coefficient (Wildman–Crippen LogP) is 2.63. The van der Waals surface area contributed by atoms with Crippen molar-refractivity contribution < 1.29 is 9.53 Å². The first-order valence-corrected chi connectivity index (χ1v) is 6.02. The SMILES string of the molecule is COc1cc(C(=O)Cc2ccc(Cl)s2)ncn1. The molecule has 0 unspecified atom stereocenters. The van der Waals surface area contributed by atoms with Crippen molar-refractivity contribution in [2.45, 2.75) is 6.42 Å². The number of ether oxygens (including phenoxy) is 1. The van der Waals surface area contributed by atoms with E-state index in [-0.39, 0.29) is 12.2 Å². The molecule has 0 bridgehead atoms. The second kappa shape index (κ2) is 5.25. The van der Waals surface area contributed by atoms with Gasteiger partial charge >= 0.3 is 0 Å².